The molecular weight excluding hydrogens is 210 g/mol. The first-order valence-electron chi connectivity index (χ1n) is 5.65. The van der Waals surface area contributed by atoms with Crippen molar-refractivity contribution in [1.82, 2.24) is 10.0 Å². The predicted molar refractivity (Wildman–Crippen MR) is 56.3 cm³/mol. The molecule has 0 bridgehead atoms. The number of nitrogens with two attached hydrogens (primary N) is 1. The van der Waals surface area contributed by atoms with Crippen LogP contribution in [0, 0.1) is 0 Å². The molecule has 6 nitrogen and oxygen atoms in total. The number of nitrogens with zero attached hydrogens (tertiary/aromatic N) is 2. The van der Waals surface area contributed by atoms with E-state index in [1.807, 2.05) is 5.01 Å². The fourth-order valence-corrected chi connectivity index (χ4v) is 2.54. The molecule has 0 spiro atoms. The molecule has 2 rings (SSSR count). The number of carboxylic acids is 1. The van der Waals surface area contributed by atoms with E-state index in [0.29, 0.717) is 6.42 Å². The third-order valence-corrected chi connectivity index (χ3v) is 3.32. The molecule has 90 valence electrons. The molecule has 16 heavy (non-hydrogen) atoms. The van der Waals surface area contributed by atoms with Crippen molar-refractivity contribution in [2.24, 2.45) is 5.73 Å². The SMILES string of the molecule is N[C@H]1CC[C@H]2CCCN2N(CC(=O)O)C1=O. The van der Waals surface area contributed by atoms with E-state index in [1.165, 1.54) is 5.01 Å². The van der Waals surface area contributed by atoms with Gasteiger partial charge in [0.15, 0.2) is 0 Å². The maximum atomic E-state index is 11.9. The van der Waals surface area contributed by atoms with Crippen molar-refractivity contribution in [2.75, 3.05) is 13.1 Å². The van der Waals surface area contributed by atoms with Crippen LogP contribution >= 0.6 is 0 Å². The Morgan fingerprint density at radius 1 is 1.44 bits per heavy atom. The normalized spacial score (nSPS) is 31.3. The van der Waals surface area contributed by atoms with Gasteiger partial charge in [0.1, 0.15) is 6.54 Å². The van der Waals surface area contributed by atoms with E-state index >= 15 is 0 Å². The summed E-state index contributed by atoms with van der Waals surface area (Å²) in [6.07, 6.45) is 3.57. The van der Waals surface area contributed by atoms with Gasteiger partial charge in [0.2, 0.25) is 0 Å². The molecule has 3 N–H and O–H groups in total. The van der Waals surface area contributed by atoms with Gasteiger partial charge in [0.25, 0.3) is 5.91 Å². The maximum Gasteiger partial charge on any atom is 0.324 e. The number of aliphatic carboxylic acids is 1. The molecule has 2 saturated heterocycles. The third-order valence-electron chi connectivity index (χ3n) is 3.32. The Balaban J connectivity index is 2.19. The summed E-state index contributed by atoms with van der Waals surface area (Å²) in [6.45, 7) is 0.486. The molecule has 2 aliphatic rings. The Morgan fingerprint density at radius 2 is 2.19 bits per heavy atom. The van der Waals surface area contributed by atoms with E-state index in [1.54, 1.807) is 0 Å². The number of carboxylic acid groups (broad SMARTS) is 1. The fourth-order valence-electron chi connectivity index (χ4n) is 2.54. The number of hydrogen-bond acceptors (Lipinski definition) is 4. The summed E-state index contributed by atoms with van der Waals surface area (Å²) in [4.78, 5) is 22.7. The highest BCUT2D eigenvalue weighted by Crippen LogP contribution is 2.27. The number of carbonyl (C=O) groups excluding carboxylic acids is 1. The molecule has 0 saturated carbocycles. The third kappa shape index (κ3) is 2.03. The first-order chi connectivity index (χ1) is 7.59. The minimum atomic E-state index is -0.992. The van der Waals surface area contributed by atoms with Crippen LogP contribution in [0.5, 0.6) is 0 Å². The zero-order chi connectivity index (χ0) is 11.7. The lowest BCUT2D eigenvalue weighted by atomic mass is 10.1. The van der Waals surface area contributed by atoms with E-state index in [4.69, 9.17) is 10.8 Å². The van der Waals surface area contributed by atoms with E-state index < -0.39 is 12.0 Å². The molecule has 0 aliphatic carbocycles. The molecule has 6 heteroatoms. The Bertz CT molecular complexity index is 308. The molecule has 0 aromatic heterocycles. The average molecular weight is 227 g/mol. The van der Waals surface area contributed by atoms with Crippen molar-refractivity contribution in [3.05, 3.63) is 0 Å². The Hall–Kier alpha value is -1.14. The summed E-state index contributed by atoms with van der Waals surface area (Å²) in [5.74, 6) is -1.25. The highest BCUT2D eigenvalue weighted by molar-refractivity contribution is 5.85. The Kier molecular flexibility index (Phi) is 3.11. The number of carbonyl (C=O) groups is 2. The fraction of sp³-hybridized carbons (Fsp3) is 0.800. The molecule has 2 aliphatic heterocycles. The molecule has 2 fully saturated rings. The highest BCUT2D eigenvalue weighted by atomic mass is 16.4. The van der Waals surface area contributed by atoms with Crippen LogP contribution in [-0.2, 0) is 9.59 Å². The quantitative estimate of drug-likeness (QED) is 0.658. The molecule has 1 amide bonds. The van der Waals surface area contributed by atoms with Gasteiger partial charge < -0.3 is 10.8 Å². The first-order valence-corrected chi connectivity index (χ1v) is 5.65. The number of amides is 1. The van der Waals surface area contributed by atoms with Gasteiger partial charge >= 0.3 is 5.97 Å². The largest absolute Gasteiger partial charge is 0.480 e. The van der Waals surface area contributed by atoms with Crippen molar-refractivity contribution in [2.45, 2.75) is 37.8 Å². The van der Waals surface area contributed by atoms with E-state index in [2.05, 4.69) is 0 Å². The molecule has 2 atom stereocenters. The van der Waals surface area contributed by atoms with Gasteiger partial charge in [-0.05, 0) is 25.7 Å². The van der Waals surface area contributed by atoms with Crippen molar-refractivity contribution in [3.8, 4) is 0 Å². The number of fused-ring (bicyclic) bond motifs is 1. The minimum Gasteiger partial charge on any atom is -0.480 e. The van der Waals surface area contributed by atoms with Crippen molar-refractivity contribution in [3.63, 3.8) is 0 Å². The zero-order valence-corrected chi connectivity index (χ0v) is 9.13. The van der Waals surface area contributed by atoms with Crippen LogP contribution in [0.1, 0.15) is 25.7 Å². The standard InChI is InChI=1S/C10H17N3O3/c11-8-4-3-7-2-1-5-12(7)13(10(8)16)6-9(14)15/h7-8H,1-6,11H2,(H,14,15)/t7-,8+/m1/s1. The van der Waals surface area contributed by atoms with Gasteiger partial charge in [-0.25, -0.2) is 5.01 Å². The highest BCUT2D eigenvalue weighted by Gasteiger charge is 2.38. The van der Waals surface area contributed by atoms with Gasteiger partial charge in [-0.1, -0.05) is 0 Å². The molecule has 0 unspecified atom stereocenters. The summed E-state index contributed by atoms with van der Waals surface area (Å²) in [5.41, 5.74) is 5.74. The lowest BCUT2D eigenvalue weighted by molar-refractivity contribution is -0.159. The zero-order valence-electron chi connectivity index (χ0n) is 9.13. The second kappa shape index (κ2) is 4.39. The van der Waals surface area contributed by atoms with Crippen molar-refractivity contribution in [1.29, 1.82) is 0 Å². The summed E-state index contributed by atoms with van der Waals surface area (Å²) < 4.78 is 0. The molecule has 2 heterocycles. The second-order valence-electron chi connectivity index (χ2n) is 4.43. The summed E-state index contributed by atoms with van der Waals surface area (Å²) in [6, 6.07) is -0.262. The maximum absolute atomic E-state index is 11.9. The van der Waals surface area contributed by atoms with Gasteiger partial charge in [0.05, 0.1) is 6.04 Å². The molecule has 0 aromatic carbocycles. The second-order valence-corrected chi connectivity index (χ2v) is 4.43. The smallest absolute Gasteiger partial charge is 0.324 e. The van der Waals surface area contributed by atoms with E-state index in [-0.39, 0.29) is 18.5 Å². The van der Waals surface area contributed by atoms with Crippen molar-refractivity contribution >= 4 is 11.9 Å². The number of hydrogen-bond donors (Lipinski definition) is 2. The Labute approximate surface area is 94.0 Å². The van der Waals surface area contributed by atoms with Crippen LogP contribution in [0.2, 0.25) is 0 Å². The lowest BCUT2D eigenvalue weighted by Crippen LogP contribution is -2.53. The van der Waals surface area contributed by atoms with Gasteiger partial charge in [-0.2, -0.15) is 0 Å². The summed E-state index contributed by atoms with van der Waals surface area (Å²) >= 11 is 0. The summed E-state index contributed by atoms with van der Waals surface area (Å²) in [5, 5.41) is 12.0. The minimum absolute atomic E-state index is 0.258. The lowest BCUT2D eigenvalue weighted by Gasteiger charge is -2.33. The molecular formula is C10H17N3O3. The topological polar surface area (TPSA) is 86.9 Å². The van der Waals surface area contributed by atoms with Crippen molar-refractivity contribution < 1.29 is 14.7 Å². The molecule has 0 aromatic rings. The van der Waals surface area contributed by atoms with Gasteiger partial charge in [-0.15, -0.1) is 0 Å². The van der Waals surface area contributed by atoms with Crippen LogP contribution < -0.4 is 5.73 Å². The van der Waals surface area contributed by atoms with E-state index in [0.717, 1.165) is 25.8 Å². The van der Waals surface area contributed by atoms with Crippen LogP contribution in [0.25, 0.3) is 0 Å². The predicted octanol–water partition coefficient (Wildman–Crippen LogP) is -0.600. The Morgan fingerprint density at radius 3 is 2.88 bits per heavy atom. The van der Waals surface area contributed by atoms with Gasteiger partial charge in [-0.3, -0.25) is 14.6 Å². The first kappa shape index (κ1) is 11.3. The number of rotatable bonds is 2. The van der Waals surface area contributed by atoms with Crippen LogP contribution in [-0.4, -0.2) is 52.2 Å². The number of hydrazine groups is 1. The van der Waals surface area contributed by atoms with Crippen LogP contribution in [0.3, 0.4) is 0 Å². The molecule has 0 radical (unpaired) electrons. The van der Waals surface area contributed by atoms with Crippen LogP contribution in [0.4, 0.5) is 0 Å². The monoisotopic (exact) mass is 227 g/mol. The van der Waals surface area contributed by atoms with Gasteiger partial charge in [0, 0.05) is 12.6 Å². The average Bonchev–Trinajstić information content (AvgIpc) is 2.65. The van der Waals surface area contributed by atoms with Crippen LogP contribution in [0.15, 0.2) is 0 Å². The summed E-state index contributed by atoms with van der Waals surface area (Å²) in [7, 11) is 0. The van der Waals surface area contributed by atoms with E-state index in [9.17, 15) is 9.59 Å².